The second kappa shape index (κ2) is 6.28. The van der Waals surface area contributed by atoms with E-state index in [0.717, 1.165) is 11.8 Å². The lowest BCUT2D eigenvalue weighted by Gasteiger charge is -2.38. The number of aryl methyl sites for hydroxylation is 1. The Balaban J connectivity index is 2.12. The van der Waals surface area contributed by atoms with Gasteiger partial charge in [-0.05, 0) is 26.0 Å². The van der Waals surface area contributed by atoms with Crippen LogP contribution in [-0.2, 0) is 28.1 Å². The number of fused-ring (bicyclic) bond motifs is 2. The molecule has 2 aliphatic heterocycles. The molecule has 0 fully saturated rings. The largest absolute Gasteiger partial charge is 0.475 e. The van der Waals surface area contributed by atoms with Gasteiger partial charge in [-0.2, -0.15) is 0 Å². The number of pyridine rings is 1. The Morgan fingerprint density at radius 1 is 1.13 bits per heavy atom. The molecule has 2 aliphatic rings. The Hall–Kier alpha value is -2.94. The van der Waals surface area contributed by atoms with Gasteiger partial charge in [0.25, 0.3) is 11.6 Å². The van der Waals surface area contributed by atoms with Crippen molar-refractivity contribution in [2.75, 3.05) is 25.3 Å². The van der Waals surface area contributed by atoms with Crippen LogP contribution in [0.4, 0.5) is 11.4 Å². The molecule has 1 aromatic heterocycles. The minimum absolute atomic E-state index is 0.0807. The third kappa shape index (κ3) is 2.87. The van der Waals surface area contributed by atoms with E-state index in [0.29, 0.717) is 34.7 Å². The van der Waals surface area contributed by atoms with Gasteiger partial charge < -0.3 is 14.2 Å². The van der Waals surface area contributed by atoms with Crippen LogP contribution in [0.2, 0.25) is 0 Å². The van der Waals surface area contributed by atoms with Crippen LogP contribution < -0.4 is 15.2 Å². The van der Waals surface area contributed by atoms with Crippen molar-refractivity contribution in [3.8, 4) is 16.9 Å². The monoisotopic (exact) mass is 430 g/mol. The van der Waals surface area contributed by atoms with Gasteiger partial charge in [-0.1, -0.05) is 0 Å². The predicted octanol–water partition coefficient (Wildman–Crippen LogP) is 1.49. The third-order valence-corrected chi connectivity index (χ3v) is 6.77. The number of rotatable bonds is 2. The quantitative estimate of drug-likeness (QED) is 0.674. The summed E-state index contributed by atoms with van der Waals surface area (Å²) in [6.07, 6.45) is 5.26. The highest BCUT2D eigenvalue weighted by Gasteiger charge is 2.42. The molecule has 0 unspecified atom stereocenters. The molecule has 0 bridgehead atoms. The molecule has 0 atom stereocenters. The summed E-state index contributed by atoms with van der Waals surface area (Å²) in [5.74, 6) is 0.148. The number of hydrogen-bond donors (Lipinski definition) is 0. The number of amides is 1. The first-order valence-electron chi connectivity index (χ1n) is 9.47. The van der Waals surface area contributed by atoms with Crippen LogP contribution in [0.25, 0.3) is 11.1 Å². The number of carbonyl (C=O) groups is 1. The SMILES string of the molecule is CN1C(=O)C(C)(C)Oc2c(-c3cn(C)c(=O)c4c3CC=[N+]4C)cc(S(C)(=O)=O)cc21. The summed E-state index contributed by atoms with van der Waals surface area (Å²) in [4.78, 5) is 26.9. The van der Waals surface area contributed by atoms with E-state index in [-0.39, 0.29) is 16.4 Å². The number of benzene rings is 1. The van der Waals surface area contributed by atoms with E-state index in [1.807, 2.05) is 13.3 Å². The van der Waals surface area contributed by atoms with Crippen LogP contribution in [0.3, 0.4) is 0 Å². The molecule has 0 N–H and O–H groups in total. The fourth-order valence-corrected chi connectivity index (χ4v) is 4.70. The van der Waals surface area contributed by atoms with Crippen molar-refractivity contribution in [2.24, 2.45) is 7.05 Å². The molecular formula is C21H24N3O5S+. The standard InChI is InChI=1S/C21H24N3O5S/c1-21(2)20(26)24(5)16-10-12(30(6,27)28)9-14(18(16)29-21)15-11-23(4)19(25)17-13(15)7-8-22(17)3/h8-11H,7H2,1-6H3/q+1. The summed E-state index contributed by atoms with van der Waals surface area (Å²) in [6.45, 7) is 3.35. The Morgan fingerprint density at radius 2 is 1.80 bits per heavy atom. The van der Waals surface area contributed by atoms with Crippen molar-refractivity contribution in [1.29, 1.82) is 0 Å². The zero-order valence-electron chi connectivity index (χ0n) is 17.8. The molecule has 0 saturated heterocycles. The van der Waals surface area contributed by atoms with Crippen LogP contribution in [0.15, 0.2) is 28.0 Å². The number of aromatic nitrogens is 1. The second-order valence-corrected chi connectivity index (χ2v) is 10.4. The third-order valence-electron chi connectivity index (χ3n) is 5.68. The van der Waals surface area contributed by atoms with E-state index in [4.69, 9.17) is 4.74 Å². The maximum absolute atomic E-state index is 12.7. The molecule has 9 heteroatoms. The van der Waals surface area contributed by atoms with Crippen LogP contribution in [0.5, 0.6) is 5.75 Å². The molecule has 4 rings (SSSR count). The molecule has 8 nitrogen and oxygen atoms in total. The molecule has 0 radical (unpaired) electrons. The smallest absolute Gasteiger partial charge is 0.322 e. The zero-order chi connectivity index (χ0) is 22.2. The molecule has 1 aromatic carbocycles. The first-order valence-corrected chi connectivity index (χ1v) is 11.4. The number of hydrogen-bond acceptors (Lipinski definition) is 5. The van der Waals surface area contributed by atoms with Crippen LogP contribution >= 0.6 is 0 Å². The van der Waals surface area contributed by atoms with Crippen molar-refractivity contribution in [3.05, 3.63) is 34.2 Å². The number of anilines is 1. The molecule has 158 valence electrons. The van der Waals surface area contributed by atoms with E-state index in [2.05, 4.69) is 0 Å². The predicted molar refractivity (Wildman–Crippen MR) is 114 cm³/mol. The molecule has 30 heavy (non-hydrogen) atoms. The van der Waals surface area contributed by atoms with E-state index in [9.17, 15) is 18.0 Å². The summed E-state index contributed by atoms with van der Waals surface area (Å²) in [5, 5.41) is 0. The number of nitrogens with zero attached hydrogens (tertiary/aromatic N) is 3. The topological polar surface area (TPSA) is 88.7 Å². The van der Waals surface area contributed by atoms with E-state index in [1.54, 1.807) is 44.8 Å². The minimum Gasteiger partial charge on any atom is -0.475 e. The van der Waals surface area contributed by atoms with Gasteiger partial charge in [-0.15, -0.1) is 0 Å². The summed E-state index contributed by atoms with van der Waals surface area (Å²) in [6, 6.07) is 3.02. The molecule has 0 spiro atoms. The zero-order valence-corrected chi connectivity index (χ0v) is 18.6. The molecule has 0 aliphatic carbocycles. The average molecular weight is 431 g/mol. The lowest BCUT2D eigenvalue weighted by molar-refractivity contribution is -0.397. The van der Waals surface area contributed by atoms with Crippen molar-refractivity contribution in [1.82, 2.24) is 4.57 Å². The molecular weight excluding hydrogens is 406 g/mol. The Morgan fingerprint density at radius 3 is 2.43 bits per heavy atom. The van der Waals surface area contributed by atoms with Gasteiger partial charge >= 0.3 is 5.56 Å². The van der Waals surface area contributed by atoms with Gasteiger partial charge in [0, 0.05) is 43.2 Å². The van der Waals surface area contributed by atoms with Gasteiger partial charge in [0.05, 0.1) is 17.0 Å². The van der Waals surface area contributed by atoms with Gasteiger partial charge in [0.15, 0.2) is 21.2 Å². The first-order chi connectivity index (χ1) is 13.8. The highest BCUT2D eigenvalue weighted by molar-refractivity contribution is 7.90. The van der Waals surface area contributed by atoms with E-state index in [1.165, 1.54) is 15.5 Å². The highest BCUT2D eigenvalue weighted by Crippen LogP contribution is 2.47. The van der Waals surface area contributed by atoms with Gasteiger partial charge in [-0.3, -0.25) is 9.59 Å². The second-order valence-electron chi connectivity index (χ2n) is 8.35. The van der Waals surface area contributed by atoms with E-state index < -0.39 is 15.4 Å². The Bertz CT molecular complexity index is 1320. The van der Waals surface area contributed by atoms with Gasteiger partial charge in [-0.25, -0.2) is 13.0 Å². The Labute approximate surface area is 174 Å². The number of carbonyl (C=O) groups excluding carboxylic acids is 1. The fraction of sp³-hybridized carbons (Fsp3) is 0.381. The van der Waals surface area contributed by atoms with Crippen LogP contribution in [0.1, 0.15) is 19.4 Å². The average Bonchev–Trinajstić information content (AvgIpc) is 3.03. The summed E-state index contributed by atoms with van der Waals surface area (Å²) in [7, 11) is 1.51. The van der Waals surface area contributed by atoms with Crippen LogP contribution in [-0.4, -0.2) is 55.6 Å². The number of ether oxygens (including phenoxy) is 1. The molecule has 2 aromatic rings. The fourth-order valence-electron chi connectivity index (χ4n) is 4.05. The highest BCUT2D eigenvalue weighted by atomic mass is 32.2. The maximum Gasteiger partial charge on any atom is 0.322 e. The molecule has 0 saturated carbocycles. The number of likely N-dealkylation sites (N-methyl/N-ethyl adjacent to an activating group) is 1. The lowest BCUT2D eigenvalue weighted by atomic mass is 9.95. The first kappa shape index (κ1) is 20.3. The maximum atomic E-state index is 12.7. The van der Waals surface area contributed by atoms with Crippen molar-refractivity contribution >= 4 is 33.3 Å². The molecule has 1 amide bonds. The minimum atomic E-state index is -3.56. The number of sulfone groups is 1. The van der Waals surface area contributed by atoms with Gasteiger partial charge in [0.2, 0.25) is 0 Å². The van der Waals surface area contributed by atoms with Gasteiger partial charge in [0.1, 0.15) is 13.3 Å². The normalized spacial score (nSPS) is 17.3. The van der Waals surface area contributed by atoms with E-state index >= 15 is 0 Å². The summed E-state index contributed by atoms with van der Waals surface area (Å²) >= 11 is 0. The molecule has 3 heterocycles. The van der Waals surface area contributed by atoms with Crippen molar-refractivity contribution < 1.29 is 22.5 Å². The Kier molecular flexibility index (Phi) is 4.26. The van der Waals surface area contributed by atoms with Crippen molar-refractivity contribution in [3.63, 3.8) is 0 Å². The van der Waals surface area contributed by atoms with Crippen molar-refractivity contribution in [2.45, 2.75) is 30.8 Å². The summed E-state index contributed by atoms with van der Waals surface area (Å²) < 4.78 is 34.2. The lowest BCUT2D eigenvalue weighted by Crippen LogP contribution is -2.51. The summed E-state index contributed by atoms with van der Waals surface area (Å²) in [5.41, 5.74) is 1.73. The van der Waals surface area contributed by atoms with Crippen LogP contribution in [0, 0.1) is 0 Å².